The summed E-state index contributed by atoms with van der Waals surface area (Å²) in [4.78, 5) is 27.8. The maximum absolute atomic E-state index is 12.9. The highest BCUT2D eigenvalue weighted by molar-refractivity contribution is 6.09. The lowest BCUT2D eigenvalue weighted by Crippen LogP contribution is -2.44. The van der Waals surface area contributed by atoms with Gasteiger partial charge in [-0.1, -0.05) is 60.7 Å². The Kier molecular flexibility index (Phi) is 6.40. The smallest absolute Gasteiger partial charge is 0.291 e. The first-order valence-electron chi connectivity index (χ1n) is 11.6. The molecule has 0 spiro atoms. The van der Waals surface area contributed by atoms with Crippen molar-refractivity contribution >= 4 is 23.6 Å². The first-order chi connectivity index (χ1) is 16.6. The maximum Gasteiger partial charge on any atom is 0.291 e. The molecule has 172 valence electrons. The van der Waals surface area contributed by atoms with Crippen LogP contribution in [0.25, 0.3) is 6.08 Å². The molecular weight excluding hydrogens is 426 g/mol. The zero-order valence-electron chi connectivity index (χ0n) is 18.9. The summed E-state index contributed by atoms with van der Waals surface area (Å²) >= 11 is 0. The van der Waals surface area contributed by atoms with E-state index in [0.717, 1.165) is 38.0 Å². The minimum Gasteiger partial charge on any atom is -0.449 e. The van der Waals surface area contributed by atoms with Crippen LogP contribution in [0, 0.1) is 0 Å². The number of likely N-dealkylation sites (tertiary alicyclic amines) is 1. The number of nitrogens with one attached hydrogen (secondary N) is 2. The number of fused-ring (bicyclic) bond motifs is 1. The predicted molar refractivity (Wildman–Crippen MR) is 132 cm³/mol. The molecule has 6 heteroatoms. The van der Waals surface area contributed by atoms with Crippen LogP contribution in [0.4, 0.5) is 5.69 Å². The number of anilines is 1. The summed E-state index contributed by atoms with van der Waals surface area (Å²) in [6, 6.07) is 25.2. The molecule has 0 atom stereocenters. The number of hydrogen-bond acceptors (Lipinski definition) is 4. The van der Waals surface area contributed by atoms with Crippen molar-refractivity contribution in [2.24, 2.45) is 0 Å². The van der Waals surface area contributed by atoms with Gasteiger partial charge < -0.3 is 15.4 Å². The summed E-state index contributed by atoms with van der Waals surface area (Å²) in [5.74, 6) is 0.273. The molecule has 1 saturated heterocycles. The van der Waals surface area contributed by atoms with Gasteiger partial charge in [-0.25, -0.2) is 0 Å². The second-order valence-electron chi connectivity index (χ2n) is 8.70. The summed E-state index contributed by atoms with van der Waals surface area (Å²) in [7, 11) is 0. The van der Waals surface area contributed by atoms with Crippen LogP contribution in [0.3, 0.4) is 0 Å². The molecule has 2 aliphatic rings. The maximum atomic E-state index is 12.9. The third kappa shape index (κ3) is 5.18. The Morgan fingerprint density at radius 3 is 2.44 bits per heavy atom. The number of hydrogen-bond donors (Lipinski definition) is 2. The van der Waals surface area contributed by atoms with Gasteiger partial charge in [0.15, 0.2) is 11.5 Å². The van der Waals surface area contributed by atoms with Gasteiger partial charge in [-0.05, 0) is 48.2 Å². The molecule has 6 nitrogen and oxygen atoms in total. The molecular formula is C28H27N3O3. The first kappa shape index (κ1) is 21.9. The summed E-state index contributed by atoms with van der Waals surface area (Å²) < 4.78 is 5.81. The van der Waals surface area contributed by atoms with E-state index < -0.39 is 0 Å². The highest BCUT2D eigenvalue weighted by atomic mass is 16.5. The fourth-order valence-corrected chi connectivity index (χ4v) is 4.35. The van der Waals surface area contributed by atoms with Crippen molar-refractivity contribution in [3.63, 3.8) is 0 Å². The second kappa shape index (κ2) is 9.93. The number of carbonyl (C=O) groups is 2. The number of benzene rings is 3. The topological polar surface area (TPSA) is 70.7 Å². The quantitative estimate of drug-likeness (QED) is 0.560. The van der Waals surface area contributed by atoms with Gasteiger partial charge in [0, 0.05) is 31.2 Å². The van der Waals surface area contributed by atoms with Crippen molar-refractivity contribution in [3.8, 4) is 5.75 Å². The highest BCUT2D eigenvalue weighted by Crippen LogP contribution is 2.32. The molecule has 34 heavy (non-hydrogen) atoms. The van der Waals surface area contributed by atoms with E-state index >= 15 is 0 Å². The zero-order chi connectivity index (χ0) is 23.3. The second-order valence-corrected chi connectivity index (χ2v) is 8.70. The van der Waals surface area contributed by atoms with Crippen molar-refractivity contribution in [1.29, 1.82) is 0 Å². The summed E-state index contributed by atoms with van der Waals surface area (Å²) in [6.45, 7) is 2.83. The van der Waals surface area contributed by atoms with E-state index in [1.54, 1.807) is 24.3 Å². The van der Waals surface area contributed by atoms with Gasteiger partial charge in [-0.15, -0.1) is 0 Å². The van der Waals surface area contributed by atoms with E-state index in [-0.39, 0.29) is 23.6 Å². The first-order valence-corrected chi connectivity index (χ1v) is 11.6. The van der Waals surface area contributed by atoms with Crippen molar-refractivity contribution < 1.29 is 14.3 Å². The van der Waals surface area contributed by atoms with Crippen LogP contribution >= 0.6 is 0 Å². The van der Waals surface area contributed by atoms with Gasteiger partial charge in [-0.3, -0.25) is 14.5 Å². The monoisotopic (exact) mass is 453 g/mol. The SMILES string of the molecule is O=C1Nc2cc(C(=O)NC3CCN(Cc4ccccc4)CC3)ccc2OC1=Cc1ccccc1. The average Bonchev–Trinajstić information content (AvgIpc) is 2.87. The molecule has 0 radical (unpaired) electrons. The van der Waals surface area contributed by atoms with Crippen LogP contribution in [-0.2, 0) is 11.3 Å². The molecule has 5 rings (SSSR count). The predicted octanol–water partition coefficient (Wildman–Crippen LogP) is 4.45. The van der Waals surface area contributed by atoms with Crippen molar-refractivity contribution in [3.05, 3.63) is 101 Å². The molecule has 2 heterocycles. The number of amides is 2. The largest absolute Gasteiger partial charge is 0.449 e. The minimum atomic E-state index is -0.334. The Balaban J connectivity index is 1.18. The molecule has 2 N–H and O–H groups in total. The Labute approximate surface area is 199 Å². The normalized spacial score (nSPS) is 17.5. The number of rotatable bonds is 5. The van der Waals surface area contributed by atoms with Gasteiger partial charge in [0.2, 0.25) is 0 Å². The molecule has 2 amide bonds. The third-order valence-corrected chi connectivity index (χ3v) is 6.20. The molecule has 0 unspecified atom stereocenters. The third-order valence-electron chi connectivity index (χ3n) is 6.20. The summed E-state index contributed by atoms with van der Waals surface area (Å²) in [5, 5.41) is 5.99. The molecule has 0 saturated carbocycles. The molecule has 0 aliphatic carbocycles. The lowest BCUT2D eigenvalue weighted by atomic mass is 10.0. The van der Waals surface area contributed by atoms with Crippen LogP contribution in [0.1, 0.15) is 34.3 Å². The molecule has 2 aliphatic heterocycles. The van der Waals surface area contributed by atoms with E-state index in [1.807, 2.05) is 36.4 Å². The Hall–Kier alpha value is -3.90. The molecule has 3 aromatic rings. The Bertz CT molecular complexity index is 1200. The lowest BCUT2D eigenvalue weighted by molar-refractivity contribution is -0.115. The van der Waals surface area contributed by atoms with Gasteiger partial charge in [0.05, 0.1) is 5.69 Å². The van der Waals surface area contributed by atoms with Crippen molar-refractivity contribution in [2.75, 3.05) is 18.4 Å². The molecule has 1 fully saturated rings. The zero-order valence-corrected chi connectivity index (χ0v) is 18.9. The van der Waals surface area contributed by atoms with E-state index in [0.29, 0.717) is 17.0 Å². The van der Waals surface area contributed by atoms with E-state index in [9.17, 15) is 9.59 Å². The van der Waals surface area contributed by atoms with Crippen LogP contribution in [0.5, 0.6) is 5.75 Å². The minimum absolute atomic E-state index is 0.135. The van der Waals surface area contributed by atoms with Gasteiger partial charge in [0.25, 0.3) is 11.8 Å². The van der Waals surface area contributed by atoms with Crippen LogP contribution < -0.4 is 15.4 Å². The molecule has 0 bridgehead atoms. The standard InChI is InChI=1S/C28H27N3O3/c32-27(29-23-13-15-31(16-14-23)19-21-9-5-2-6-10-21)22-11-12-25-24(18-22)30-28(33)26(34-25)17-20-7-3-1-4-8-20/h1-12,17-18,23H,13-16,19H2,(H,29,32)(H,30,33). The molecule has 3 aromatic carbocycles. The average molecular weight is 454 g/mol. The Morgan fingerprint density at radius 2 is 1.71 bits per heavy atom. The number of carbonyl (C=O) groups excluding carboxylic acids is 2. The number of piperidine rings is 1. The van der Waals surface area contributed by atoms with Crippen LogP contribution in [0.2, 0.25) is 0 Å². The number of nitrogens with zero attached hydrogens (tertiary/aromatic N) is 1. The van der Waals surface area contributed by atoms with Crippen molar-refractivity contribution in [1.82, 2.24) is 10.2 Å². The fraction of sp³-hybridized carbons (Fsp3) is 0.214. The van der Waals surface area contributed by atoms with Crippen LogP contribution in [-0.4, -0.2) is 35.8 Å². The van der Waals surface area contributed by atoms with Gasteiger partial charge >= 0.3 is 0 Å². The number of ether oxygens (including phenoxy) is 1. The Morgan fingerprint density at radius 1 is 1.00 bits per heavy atom. The fourth-order valence-electron chi connectivity index (χ4n) is 4.35. The highest BCUT2D eigenvalue weighted by Gasteiger charge is 2.25. The van der Waals surface area contributed by atoms with E-state index in [1.165, 1.54) is 5.56 Å². The van der Waals surface area contributed by atoms with Gasteiger partial charge in [-0.2, -0.15) is 0 Å². The summed E-state index contributed by atoms with van der Waals surface area (Å²) in [6.07, 6.45) is 3.52. The molecule has 0 aromatic heterocycles. The van der Waals surface area contributed by atoms with Crippen LogP contribution in [0.15, 0.2) is 84.6 Å². The van der Waals surface area contributed by atoms with Gasteiger partial charge in [0.1, 0.15) is 0 Å². The lowest BCUT2D eigenvalue weighted by Gasteiger charge is -2.32. The van der Waals surface area contributed by atoms with Crippen molar-refractivity contribution in [2.45, 2.75) is 25.4 Å². The van der Waals surface area contributed by atoms with E-state index in [4.69, 9.17) is 4.74 Å². The summed E-state index contributed by atoms with van der Waals surface area (Å²) in [5.41, 5.74) is 3.19. The van der Waals surface area contributed by atoms with E-state index in [2.05, 4.69) is 39.8 Å².